The molecule has 0 atom stereocenters. The van der Waals surface area contributed by atoms with Gasteiger partial charge in [-0.05, 0) is 46.3 Å². The van der Waals surface area contributed by atoms with E-state index in [0.717, 1.165) is 4.47 Å². The van der Waals surface area contributed by atoms with Crippen LogP contribution in [0.15, 0.2) is 77.3 Å². The number of halogens is 1. The molecule has 0 unspecified atom stereocenters. The molecule has 0 bridgehead atoms. The average Bonchev–Trinajstić information content (AvgIpc) is 2.72. The Kier molecular flexibility index (Phi) is 6.04. The van der Waals surface area contributed by atoms with E-state index in [9.17, 15) is 9.59 Å². The Morgan fingerprint density at radius 2 is 1.63 bits per heavy atom. The normalized spacial score (nSPS) is 10.3. The van der Waals surface area contributed by atoms with Crippen LogP contribution in [0, 0.1) is 0 Å². The van der Waals surface area contributed by atoms with Crippen molar-refractivity contribution in [2.24, 2.45) is 0 Å². The third kappa shape index (κ3) is 4.44. The molecule has 0 aliphatic rings. The number of Topliss-reactive ketones (excluding diaryl/α,β-unsaturated/α-hetero) is 1. The van der Waals surface area contributed by atoms with Crippen LogP contribution >= 0.6 is 15.9 Å². The predicted molar refractivity (Wildman–Crippen MR) is 110 cm³/mol. The summed E-state index contributed by atoms with van der Waals surface area (Å²) in [7, 11) is 1.57. The van der Waals surface area contributed by atoms with Crippen molar-refractivity contribution in [3.05, 3.63) is 94.0 Å². The minimum Gasteiger partial charge on any atom is -0.496 e. The number of ether oxygens (including phenoxy) is 1. The minimum atomic E-state index is -0.0849. The number of nitrogens with one attached hydrogen (secondary N) is 1. The second-order valence-corrected chi connectivity index (χ2v) is 6.72. The lowest BCUT2D eigenvalue weighted by Gasteiger charge is -2.11. The molecule has 3 aromatic carbocycles. The number of carbonyl (C=O) groups excluding carboxylic acids is 2. The zero-order valence-corrected chi connectivity index (χ0v) is 16.3. The molecule has 0 aliphatic heterocycles. The Morgan fingerprint density at radius 1 is 0.926 bits per heavy atom. The molecule has 0 saturated heterocycles. The summed E-state index contributed by atoms with van der Waals surface area (Å²) in [6.07, 6.45) is 0. The Bertz CT molecular complexity index is 970. The molecule has 3 aromatic rings. The van der Waals surface area contributed by atoms with Crippen LogP contribution in [0.25, 0.3) is 0 Å². The van der Waals surface area contributed by atoms with Gasteiger partial charge < -0.3 is 10.1 Å². The van der Waals surface area contributed by atoms with Gasteiger partial charge >= 0.3 is 0 Å². The first-order valence-corrected chi connectivity index (χ1v) is 9.19. The Balaban J connectivity index is 1.76. The maximum Gasteiger partial charge on any atom is 0.195 e. The molecule has 0 heterocycles. The highest BCUT2D eigenvalue weighted by Crippen LogP contribution is 2.26. The topological polar surface area (TPSA) is 55.4 Å². The van der Waals surface area contributed by atoms with Crippen LogP contribution in [0.5, 0.6) is 5.75 Å². The van der Waals surface area contributed by atoms with Gasteiger partial charge in [0.2, 0.25) is 0 Å². The first-order chi connectivity index (χ1) is 13.1. The number of hydrogen-bond donors (Lipinski definition) is 1. The highest BCUT2D eigenvalue weighted by atomic mass is 79.9. The lowest BCUT2D eigenvalue weighted by Crippen LogP contribution is -2.16. The van der Waals surface area contributed by atoms with Crippen molar-refractivity contribution >= 4 is 33.2 Å². The fourth-order valence-electron chi connectivity index (χ4n) is 2.70. The van der Waals surface area contributed by atoms with E-state index in [-0.39, 0.29) is 18.1 Å². The third-order valence-corrected chi connectivity index (χ3v) is 4.74. The summed E-state index contributed by atoms with van der Waals surface area (Å²) in [5, 5.41) is 3.09. The fourth-order valence-corrected chi connectivity index (χ4v) is 3.24. The van der Waals surface area contributed by atoms with Crippen molar-refractivity contribution in [2.45, 2.75) is 0 Å². The van der Waals surface area contributed by atoms with Crippen LogP contribution < -0.4 is 10.1 Å². The second kappa shape index (κ2) is 8.64. The van der Waals surface area contributed by atoms with Crippen LogP contribution in [-0.2, 0) is 0 Å². The van der Waals surface area contributed by atoms with E-state index in [1.54, 1.807) is 49.6 Å². The first kappa shape index (κ1) is 18.9. The van der Waals surface area contributed by atoms with Gasteiger partial charge in [0.1, 0.15) is 5.75 Å². The molecule has 0 aliphatic carbocycles. The van der Waals surface area contributed by atoms with Crippen LogP contribution in [0.3, 0.4) is 0 Å². The summed E-state index contributed by atoms with van der Waals surface area (Å²) in [5.74, 6) is 0.497. The zero-order chi connectivity index (χ0) is 19.2. The highest BCUT2D eigenvalue weighted by molar-refractivity contribution is 9.10. The number of benzene rings is 3. The summed E-state index contributed by atoms with van der Waals surface area (Å²) in [4.78, 5) is 25.3. The maximum absolute atomic E-state index is 12.8. The highest BCUT2D eigenvalue weighted by Gasteiger charge is 2.14. The molecule has 4 nitrogen and oxygen atoms in total. The molecule has 0 saturated carbocycles. The van der Waals surface area contributed by atoms with Gasteiger partial charge in [0.15, 0.2) is 11.6 Å². The van der Waals surface area contributed by atoms with E-state index < -0.39 is 0 Å². The van der Waals surface area contributed by atoms with E-state index in [2.05, 4.69) is 21.2 Å². The summed E-state index contributed by atoms with van der Waals surface area (Å²) in [5.41, 5.74) is 2.33. The van der Waals surface area contributed by atoms with Crippen molar-refractivity contribution < 1.29 is 14.3 Å². The van der Waals surface area contributed by atoms with Crippen LogP contribution in [0.1, 0.15) is 26.3 Å². The van der Waals surface area contributed by atoms with Gasteiger partial charge in [0.05, 0.1) is 18.1 Å². The van der Waals surface area contributed by atoms with Gasteiger partial charge in [-0.1, -0.05) is 42.5 Å². The number of hydrogen-bond acceptors (Lipinski definition) is 4. The first-order valence-electron chi connectivity index (χ1n) is 8.39. The smallest absolute Gasteiger partial charge is 0.195 e. The lowest BCUT2D eigenvalue weighted by molar-refractivity contribution is 0.100. The van der Waals surface area contributed by atoms with E-state index in [1.807, 2.05) is 30.3 Å². The van der Waals surface area contributed by atoms with Crippen molar-refractivity contribution in [3.63, 3.8) is 0 Å². The van der Waals surface area contributed by atoms with Crippen LogP contribution in [0.4, 0.5) is 5.69 Å². The molecule has 0 radical (unpaired) electrons. The van der Waals surface area contributed by atoms with E-state index in [0.29, 0.717) is 28.1 Å². The minimum absolute atomic E-state index is 0.0812. The number of ketones is 2. The van der Waals surface area contributed by atoms with E-state index in [4.69, 9.17) is 4.74 Å². The largest absolute Gasteiger partial charge is 0.496 e. The number of para-hydroxylation sites is 1. The fraction of sp³-hybridized carbons (Fsp3) is 0.0909. The molecule has 0 spiro atoms. The molecule has 0 fully saturated rings. The van der Waals surface area contributed by atoms with Crippen molar-refractivity contribution in [3.8, 4) is 5.75 Å². The second-order valence-electron chi connectivity index (χ2n) is 5.87. The molecule has 0 amide bonds. The van der Waals surface area contributed by atoms with Gasteiger partial charge in [0, 0.05) is 22.4 Å². The van der Waals surface area contributed by atoms with E-state index >= 15 is 0 Å². The molecule has 136 valence electrons. The maximum atomic E-state index is 12.8. The number of carbonyl (C=O) groups is 2. The molecule has 27 heavy (non-hydrogen) atoms. The van der Waals surface area contributed by atoms with Gasteiger partial charge in [-0.3, -0.25) is 9.59 Å². The van der Waals surface area contributed by atoms with Gasteiger partial charge in [-0.2, -0.15) is 0 Å². The van der Waals surface area contributed by atoms with E-state index in [1.165, 1.54) is 0 Å². The SMILES string of the molecule is COc1ccc(C(=O)CNc2ccccc2C(=O)c2ccccc2)cc1Br. The van der Waals surface area contributed by atoms with Crippen molar-refractivity contribution in [2.75, 3.05) is 19.0 Å². The Hall–Kier alpha value is -2.92. The quantitative estimate of drug-likeness (QED) is 0.544. The molecule has 5 heteroatoms. The zero-order valence-electron chi connectivity index (χ0n) is 14.7. The monoisotopic (exact) mass is 423 g/mol. The summed E-state index contributed by atoms with van der Waals surface area (Å²) in [6.45, 7) is 0.0812. The number of methoxy groups -OCH3 is 1. The molecule has 3 rings (SSSR count). The van der Waals surface area contributed by atoms with Crippen LogP contribution in [-0.4, -0.2) is 25.2 Å². The summed E-state index contributed by atoms with van der Waals surface area (Å²) in [6, 6.07) is 21.5. The molecular formula is C22H18BrNO3. The summed E-state index contributed by atoms with van der Waals surface area (Å²) < 4.78 is 5.90. The number of rotatable bonds is 7. The Labute approximate surface area is 166 Å². The predicted octanol–water partition coefficient (Wildman–Crippen LogP) is 4.98. The van der Waals surface area contributed by atoms with Gasteiger partial charge in [0.25, 0.3) is 0 Å². The molecular weight excluding hydrogens is 406 g/mol. The Morgan fingerprint density at radius 3 is 2.33 bits per heavy atom. The third-order valence-electron chi connectivity index (χ3n) is 4.12. The van der Waals surface area contributed by atoms with Crippen LogP contribution in [0.2, 0.25) is 0 Å². The standard InChI is InChI=1S/C22H18BrNO3/c1-27-21-12-11-16(13-18(21)23)20(25)14-24-19-10-6-5-9-17(19)22(26)15-7-3-2-4-8-15/h2-13,24H,14H2,1H3. The van der Waals surface area contributed by atoms with Crippen molar-refractivity contribution in [1.82, 2.24) is 0 Å². The number of anilines is 1. The lowest BCUT2D eigenvalue weighted by atomic mass is 10.0. The van der Waals surface area contributed by atoms with Crippen molar-refractivity contribution in [1.29, 1.82) is 0 Å². The van der Waals surface area contributed by atoms with Gasteiger partial charge in [-0.15, -0.1) is 0 Å². The molecule has 1 N–H and O–H groups in total. The van der Waals surface area contributed by atoms with Gasteiger partial charge in [-0.25, -0.2) is 0 Å². The average molecular weight is 424 g/mol. The summed E-state index contributed by atoms with van der Waals surface area (Å²) >= 11 is 3.39. The molecule has 0 aromatic heterocycles.